The number of piperidine rings is 1. The zero-order valence-corrected chi connectivity index (χ0v) is 18.0. The normalized spacial score (nSPS) is 20.3. The van der Waals surface area contributed by atoms with E-state index in [0.717, 1.165) is 31.2 Å². The van der Waals surface area contributed by atoms with Crippen LogP contribution in [0.2, 0.25) is 0 Å². The van der Waals surface area contributed by atoms with Gasteiger partial charge in [0.05, 0.1) is 11.4 Å². The summed E-state index contributed by atoms with van der Waals surface area (Å²) in [6.07, 6.45) is 5.26. The van der Waals surface area contributed by atoms with E-state index in [4.69, 9.17) is 4.74 Å². The average molecular weight is 430 g/mol. The zero-order chi connectivity index (χ0) is 21.1. The van der Waals surface area contributed by atoms with E-state index in [2.05, 4.69) is 4.98 Å². The molecule has 160 valence electrons. The third-order valence-corrected chi connectivity index (χ3v) is 7.57. The van der Waals surface area contributed by atoms with Crippen molar-refractivity contribution >= 4 is 15.9 Å². The van der Waals surface area contributed by atoms with Gasteiger partial charge in [-0.1, -0.05) is 12.5 Å². The molecule has 0 aliphatic carbocycles. The molecular weight excluding hydrogens is 402 g/mol. The second-order valence-corrected chi connectivity index (χ2v) is 9.88. The fourth-order valence-corrected chi connectivity index (χ4v) is 5.43. The van der Waals surface area contributed by atoms with Gasteiger partial charge in [0, 0.05) is 43.9 Å². The first-order valence-electron chi connectivity index (χ1n) is 10.4. The number of ether oxygens (including phenoxy) is 1. The number of nitrogens with zero attached hydrogens (tertiary/aromatic N) is 3. The number of hydrogen-bond acceptors (Lipinski definition) is 5. The maximum atomic E-state index is 12.8. The van der Waals surface area contributed by atoms with Gasteiger partial charge in [0.15, 0.2) is 0 Å². The zero-order valence-electron chi connectivity index (χ0n) is 17.2. The Bertz CT molecular complexity index is 984. The highest BCUT2D eigenvalue weighted by atomic mass is 32.2. The molecule has 0 N–H and O–H groups in total. The van der Waals surface area contributed by atoms with Crippen LogP contribution in [0.25, 0.3) is 0 Å². The Balaban J connectivity index is 1.38. The molecule has 2 aromatic rings. The molecule has 2 fully saturated rings. The Morgan fingerprint density at radius 2 is 1.77 bits per heavy atom. The summed E-state index contributed by atoms with van der Waals surface area (Å²) in [4.78, 5) is 19.1. The summed E-state index contributed by atoms with van der Waals surface area (Å²) in [6, 6.07) is 10.1. The van der Waals surface area contributed by atoms with Gasteiger partial charge in [-0.3, -0.25) is 4.79 Å². The van der Waals surface area contributed by atoms with Crippen LogP contribution in [-0.4, -0.2) is 60.8 Å². The molecule has 2 aliphatic rings. The number of benzene rings is 1. The summed E-state index contributed by atoms with van der Waals surface area (Å²) in [6.45, 7) is 4.18. The van der Waals surface area contributed by atoms with Crippen molar-refractivity contribution in [3.05, 3.63) is 53.7 Å². The quantitative estimate of drug-likeness (QED) is 0.730. The lowest BCUT2D eigenvalue weighted by Crippen LogP contribution is -2.35. The number of amides is 1. The second-order valence-electron chi connectivity index (χ2n) is 7.94. The summed E-state index contributed by atoms with van der Waals surface area (Å²) in [5, 5.41) is 0. The minimum absolute atomic E-state index is 0.0945. The van der Waals surface area contributed by atoms with Gasteiger partial charge < -0.3 is 9.64 Å². The first-order chi connectivity index (χ1) is 14.4. The molecule has 1 amide bonds. The molecule has 4 rings (SSSR count). The maximum Gasteiger partial charge on any atom is 0.253 e. The lowest BCUT2D eigenvalue weighted by atomic mass is 10.2. The summed E-state index contributed by atoms with van der Waals surface area (Å²) < 4.78 is 33.0. The number of rotatable bonds is 5. The van der Waals surface area contributed by atoms with E-state index in [1.54, 1.807) is 23.2 Å². The van der Waals surface area contributed by atoms with E-state index in [1.165, 1.54) is 16.4 Å². The Morgan fingerprint density at radius 1 is 1.03 bits per heavy atom. The molecule has 0 radical (unpaired) electrons. The van der Waals surface area contributed by atoms with Gasteiger partial charge in [-0.25, -0.2) is 13.4 Å². The van der Waals surface area contributed by atoms with Crippen LogP contribution in [-0.2, 0) is 10.0 Å². The number of carbonyl (C=O) groups excluding carboxylic acids is 1. The lowest BCUT2D eigenvalue weighted by molar-refractivity contribution is 0.0771. The Hall–Kier alpha value is -2.45. The summed E-state index contributed by atoms with van der Waals surface area (Å²) in [5.41, 5.74) is 1.55. The molecule has 1 unspecified atom stereocenters. The van der Waals surface area contributed by atoms with Crippen molar-refractivity contribution in [2.24, 2.45) is 0 Å². The molecule has 1 aromatic heterocycles. The number of aryl methyl sites for hydroxylation is 1. The molecule has 1 atom stereocenters. The van der Waals surface area contributed by atoms with Crippen molar-refractivity contribution in [1.82, 2.24) is 14.2 Å². The number of pyridine rings is 1. The van der Waals surface area contributed by atoms with Gasteiger partial charge in [-0.15, -0.1) is 0 Å². The maximum absolute atomic E-state index is 12.8. The number of carbonyl (C=O) groups is 1. The molecule has 1 aromatic carbocycles. The molecule has 0 bridgehead atoms. The van der Waals surface area contributed by atoms with Crippen LogP contribution in [0.5, 0.6) is 5.88 Å². The van der Waals surface area contributed by atoms with E-state index in [9.17, 15) is 13.2 Å². The highest BCUT2D eigenvalue weighted by molar-refractivity contribution is 7.89. The van der Waals surface area contributed by atoms with Crippen molar-refractivity contribution < 1.29 is 17.9 Å². The van der Waals surface area contributed by atoms with Crippen LogP contribution in [0.3, 0.4) is 0 Å². The predicted octanol–water partition coefficient (Wildman–Crippen LogP) is 2.86. The van der Waals surface area contributed by atoms with Crippen molar-refractivity contribution in [3.63, 3.8) is 0 Å². The summed E-state index contributed by atoms with van der Waals surface area (Å²) in [5.74, 6) is 0.451. The van der Waals surface area contributed by atoms with Gasteiger partial charge in [0.2, 0.25) is 15.9 Å². The molecular formula is C22H27N3O4S. The third-order valence-electron chi connectivity index (χ3n) is 5.66. The fourth-order valence-electron chi connectivity index (χ4n) is 3.91. The highest BCUT2D eigenvalue weighted by Crippen LogP contribution is 2.23. The van der Waals surface area contributed by atoms with E-state index in [-0.39, 0.29) is 16.9 Å². The first-order valence-corrected chi connectivity index (χ1v) is 11.9. The number of sulfonamides is 1. The molecule has 0 spiro atoms. The summed E-state index contributed by atoms with van der Waals surface area (Å²) in [7, 11) is -3.49. The molecule has 0 saturated carbocycles. The molecule has 3 heterocycles. The van der Waals surface area contributed by atoms with Crippen molar-refractivity contribution in [2.75, 3.05) is 26.2 Å². The van der Waals surface area contributed by atoms with E-state index < -0.39 is 10.0 Å². The van der Waals surface area contributed by atoms with Gasteiger partial charge in [0.25, 0.3) is 5.91 Å². The minimum atomic E-state index is -3.49. The monoisotopic (exact) mass is 429 g/mol. The first kappa shape index (κ1) is 20.8. The molecule has 2 aliphatic heterocycles. The van der Waals surface area contributed by atoms with Gasteiger partial charge >= 0.3 is 0 Å². The minimum Gasteiger partial charge on any atom is -0.472 e. The standard InChI is InChI=1S/C22H27N3O4S/c1-17-5-10-21(23-15-17)29-19-11-14-24(16-19)22(26)18-6-8-20(9-7-18)30(27,28)25-12-3-2-4-13-25/h5-10,15,19H,2-4,11-14,16H2,1H3. The van der Waals surface area contributed by atoms with Gasteiger partial charge in [-0.2, -0.15) is 4.31 Å². The second kappa shape index (κ2) is 8.73. The highest BCUT2D eigenvalue weighted by Gasteiger charge is 2.30. The molecule has 8 heteroatoms. The number of likely N-dealkylation sites (tertiary alicyclic amines) is 1. The number of hydrogen-bond donors (Lipinski definition) is 0. The SMILES string of the molecule is Cc1ccc(OC2CCN(C(=O)c3ccc(S(=O)(=O)N4CCCCC4)cc3)C2)nc1. The van der Waals surface area contributed by atoms with Crippen LogP contribution < -0.4 is 4.74 Å². The van der Waals surface area contributed by atoms with Crippen LogP contribution >= 0.6 is 0 Å². The Morgan fingerprint density at radius 3 is 2.43 bits per heavy atom. The Labute approximate surface area is 177 Å². The van der Waals surface area contributed by atoms with Crippen LogP contribution in [0.15, 0.2) is 47.5 Å². The molecule has 2 saturated heterocycles. The molecule has 30 heavy (non-hydrogen) atoms. The van der Waals surface area contributed by atoms with Gasteiger partial charge in [-0.05, 0) is 49.6 Å². The van der Waals surface area contributed by atoms with E-state index in [1.807, 2.05) is 19.1 Å². The van der Waals surface area contributed by atoms with E-state index in [0.29, 0.717) is 37.6 Å². The van der Waals surface area contributed by atoms with Gasteiger partial charge in [0.1, 0.15) is 6.10 Å². The Kier molecular flexibility index (Phi) is 6.06. The smallest absolute Gasteiger partial charge is 0.253 e. The third kappa shape index (κ3) is 4.49. The van der Waals surface area contributed by atoms with Crippen molar-refractivity contribution in [2.45, 2.75) is 43.6 Å². The van der Waals surface area contributed by atoms with E-state index >= 15 is 0 Å². The van der Waals surface area contributed by atoms with Crippen molar-refractivity contribution in [1.29, 1.82) is 0 Å². The predicted molar refractivity (Wildman–Crippen MR) is 113 cm³/mol. The number of aromatic nitrogens is 1. The largest absolute Gasteiger partial charge is 0.472 e. The summed E-state index contributed by atoms with van der Waals surface area (Å²) >= 11 is 0. The van der Waals surface area contributed by atoms with Crippen molar-refractivity contribution in [3.8, 4) is 5.88 Å². The van der Waals surface area contributed by atoms with Crippen LogP contribution in [0.4, 0.5) is 0 Å². The van der Waals surface area contributed by atoms with Crippen LogP contribution in [0.1, 0.15) is 41.6 Å². The van der Waals surface area contributed by atoms with Crippen LogP contribution in [0, 0.1) is 6.92 Å². The lowest BCUT2D eigenvalue weighted by Gasteiger charge is -2.26. The average Bonchev–Trinajstić information content (AvgIpc) is 3.24. The molecule has 7 nitrogen and oxygen atoms in total. The topological polar surface area (TPSA) is 79.8 Å². The fraction of sp³-hybridized carbons (Fsp3) is 0.455.